The second-order valence-electron chi connectivity index (χ2n) is 12.9. The molecule has 5 aliphatic rings. The van der Waals surface area contributed by atoms with Crippen molar-refractivity contribution in [3.8, 4) is 0 Å². The van der Waals surface area contributed by atoms with Crippen molar-refractivity contribution in [3.05, 3.63) is 191 Å². The predicted octanol–water partition coefficient (Wildman–Crippen LogP) is 8.02. The van der Waals surface area contributed by atoms with Crippen LogP contribution >= 0.6 is 0 Å². The quantitative estimate of drug-likeness (QED) is 0.162. The number of fused-ring (bicyclic) bond motifs is 4. The number of aliphatic imine (C=N–C) groups is 4. The highest BCUT2D eigenvalue weighted by Gasteiger charge is 2.27. The molecule has 0 aromatic heterocycles. The van der Waals surface area contributed by atoms with Crippen LogP contribution in [0.2, 0.25) is 0 Å². The average molecular weight is 673 g/mol. The van der Waals surface area contributed by atoms with Gasteiger partial charge >= 0.3 is 0 Å². The van der Waals surface area contributed by atoms with E-state index in [1.54, 1.807) is 0 Å². The lowest BCUT2D eigenvalue weighted by Crippen LogP contribution is -2.04. The van der Waals surface area contributed by atoms with Crippen LogP contribution in [0.3, 0.4) is 0 Å². The van der Waals surface area contributed by atoms with Crippen LogP contribution in [-0.2, 0) is 0 Å². The highest BCUT2D eigenvalue weighted by atomic mass is 14.9. The minimum atomic E-state index is 0.675. The maximum Gasteiger partial charge on any atom is 0.0738 e. The van der Waals surface area contributed by atoms with E-state index in [0.29, 0.717) is 22.7 Å². The number of rotatable bonds is 4. The molecule has 4 aromatic rings. The van der Waals surface area contributed by atoms with Crippen LogP contribution in [-0.4, -0.2) is 22.8 Å². The van der Waals surface area contributed by atoms with Crippen LogP contribution in [0.15, 0.2) is 188 Å². The Balaban J connectivity index is 1.36. The van der Waals surface area contributed by atoms with E-state index in [1.807, 2.05) is 146 Å². The average Bonchev–Trinajstić information content (AvgIpc) is 3.99. The Kier molecular flexibility index (Phi) is 7.22. The number of nitrogens with zero attached hydrogens (tertiary/aromatic N) is 4. The molecular formula is C44H32N8. The molecular weight excluding hydrogens is 641 g/mol. The lowest BCUT2D eigenvalue weighted by atomic mass is 9.98. The predicted molar refractivity (Wildman–Crippen MR) is 217 cm³/mol. The van der Waals surface area contributed by atoms with Crippen LogP contribution in [0.4, 0.5) is 22.7 Å². The van der Waals surface area contributed by atoms with E-state index in [1.165, 1.54) is 0 Å². The van der Waals surface area contributed by atoms with Gasteiger partial charge in [0, 0.05) is 45.0 Å². The van der Waals surface area contributed by atoms with E-state index in [4.69, 9.17) is 42.9 Å². The maximum atomic E-state index is 6.13. The second kappa shape index (κ2) is 12.2. The molecule has 52 heavy (non-hydrogen) atoms. The highest BCUT2D eigenvalue weighted by Crippen LogP contribution is 2.39. The van der Waals surface area contributed by atoms with Gasteiger partial charge in [-0.1, -0.05) is 48.5 Å². The standard InChI is InChI=1S/C44H32N8/c45-29-9-1-25(2-10-29)41-33-17-19-35(49-33)42(26-3-11-30(46)12-4-26)37-21-23-39(51-37)44(28-7-15-32(48)16-8-28)40-24-22-38(52-40)43(36-20-18-34(41)50-36)27-5-13-31(47)14-6-27/h1-24H,45-48H2. The molecule has 9 rings (SSSR count). The van der Waals surface area contributed by atoms with Crippen molar-refractivity contribution in [1.29, 1.82) is 0 Å². The Labute approximate surface area is 300 Å². The number of nitrogens with two attached hydrogens (primary N) is 4. The van der Waals surface area contributed by atoms with Gasteiger partial charge in [-0.15, -0.1) is 0 Å². The molecule has 0 aliphatic carbocycles. The lowest BCUT2D eigenvalue weighted by Gasteiger charge is -2.13. The lowest BCUT2D eigenvalue weighted by molar-refractivity contribution is 1.41. The first-order chi connectivity index (χ1) is 25.4. The van der Waals surface area contributed by atoms with E-state index >= 15 is 0 Å². The highest BCUT2D eigenvalue weighted by molar-refractivity contribution is 6.39. The van der Waals surface area contributed by atoms with Crippen molar-refractivity contribution in [2.75, 3.05) is 22.9 Å². The van der Waals surface area contributed by atoms with Gasteiger partial charge in [-0.2, -0.15) is 0 Å². The molecule has 8 heteroatoms. The topological polar surface area (TPSA) is 154 Å². The largest absolute Gasteiger partial charge is 0.399 e. The second-order valence-corrected chi connectivity index (χ2v) is 12.9. The van der Waals surface area contributed by atoms with Crippen LogP contribution in [0.5, 0.6) is 0 Å². The van der Waals surface area contributed by atoms with Crippen LogP contribution in [0.1, 0.15) is 22.3 Å². The summed E-state index contributed by atoms with van der Waals surface area (Å²) in [5, 5.41) is 0. The number of anilines is 4. The molecule has 0 saturated carbocycles. The van der Waals surface area contributed by atoms with Gasteiger partial charge in [-0.05, 0) is 119 Å². The van der Waals surface area contributed by atoms with E-state index in [9.17, 15) is 0 Å². The molecule has 8 nitrogen and oxygen atoms in total. The van der Waals surface area contributed by atoms with Crippen molar-refractivity contribution in [2.24, 2.45) is 20.0 Å². The zero-order chi connectivity index (χ0) is 35.3. The number of nitrogen functional groups attached to an aromatic ring is 4. The van der Waals surface area contributed by atoms with Gasteiger partial charge in [0.15, 0.2) is 0 Å². The molecule has 0 saturated heterocycles. The van der Waals surface area contributed by atoms with Gasteiger partial charge in [-0.25, -0.2) is 20.0 Å². The molecule has 0 unspecified atom stereocenters. The van der Waals surface area contributed by atoms with Gasteiger partial charge in [0.1, 0.15) is 0 Å². The number of benzene rings is 4. The third-order valence-corrected chi connectivity index (χ3v) is 9.41. The molecule has 0 fully saturated rings. The summed E-state index contributed by atoms with van der Waals surface area (Å²) < 4.78 is 0. The molecule has 248 valence electrons. The monoisotopic (exact) mass is 672 g/mol. The molecule has 8 N–H and O–H groups in total. The first kappa shape index (κ1) is 30.7. The maximum absolute atomic E-state index is 6.13. The fraction of sp³-hybridized carbons (Fsp3) is 0. The molecule has 8 bridgehead atoms. The van der Waals surface area contributed by atoms with Gasteiger partial charge in [0.2, 0.25) is 0 Å². The number of hydrogen-bond donors (Lipinski definition) is 4. The Morgan fingerprint density at radius 3 is 0.635 bits per heavy atom. The molecule has 0 spiro atoms. The van der Waals surface area contributed by atoms with Crippen LogP contribution in [0.25, 0.3) is 22.3 Å². The van der Waals surface area contributed by atoms with Crippen molar-refractivity contribution in [3.63, 3.8) is 0 Å². The van der Waals surface area contributed by atoms with E-state index < -0.39 is 0 Å². The summed E-state index contributed by atoms with van der Waals surface area (Å²) in [5.41, 5.74) is 40.7. The third kappa shape index (κ3) is 5.45. The molecule has 4 aromatic carbocycles. The summed E-state index contributed by atoms with van der Waals surface area (Å²) in [6.07, 6.45) is 16.3. The van der Waals surface area contributed by atoms with Gasteiger partial charge in [0.05, 0.1) is 45.6 Å². The van der Waals surface area contributed by atoms with Crippen molar-refractivity contribution in [2.45, 2.75) is 0 Å². The van der Waals surface area contributed by atoms with Crippen LogP contribution in [0, 0.1) is 0 Å². The van der Waals surface area contributed by atoms with Gasteiger partial charge in [-0.3, -0.25) is 0 Å². The normalized spacial score (nSPS) is 17.4. The molecule has 0 atom stereocenters. The van der Waals surface area contributed by atoms with E-state index in [0.717, 1.165) is 90.2 Å². The molecule has 5 aliphatic heterocycles. The fourth-order valence-electron chi connectivity index (χ4n) is 6.87. The first-order valence-electron chi connectivity index (χ1n) is 16.9. The van der Waals surface area contributed by atoms with Crippen molar-refractivity contribution >= 4 is 67.9 Å². The Hall–Kier alpha value is -7.32. The minimum Gasteiger partial charge on any atom is -0.399 e. The van der Waals surface area contributed by atoms with Crippen molar-refractivity contribution < 1.29 is 0 Å². The molecule has 5 heterocycles. The Morgan fingerprint density at radius 2 is 0.442 bits per heavy atom. The molecule has 0 radical (unpaired) electrons. The van der Waals surface area contributed by atoms with Crippen molar-refractivity contribution in [1.82, 2.24) is 0 Å². The third-order valence-electron chi connectivity index (χ3n) is 9.41. The number of hydrogen-bond acceptors (Lipinski definition) is 8. The van der Waals surface area contributed by atoms with Gasteiger partial charge < -0.3 is 22.9 Å². The summed E-state index contributed by atoms with van der Waals surface area (Å²) in [5.74, 6) is 0. The van der Waals surface area contributed by atoms with Gasteiger partial charge in [0.25, 0.3) is 0 Å². The molecule has 0 amide bonds. The minimum absolute atomic E-state index is 0.675. The summed E-state index contributed by atoms with van der Waals surface area (Å²) in [4.78, 5) is 21.1. The number of allylic oxidation sites excluding steroid dienone is 12. The fourth-order valence-corrected chi connectivity index (χ4v) is 6.87. The van der Waals surface area contributed by atoms with Crippen LogP contribution < -0.4 is 22.9 Å². The van der Waals surface area contributed by atoms with E-state index in [-0.39, 0.29) is 0 Å². The zero-order valence-corrected chi connectivity index (χ0v) is 28.0. The zero-order valence-electron chi connectivity index (χ0n) is 28.0. The Morgan fingerprint density at radius 1 is 0.250 bits per heavy atom. The summed E-state index contributed by atoms with van der Waals surface area (Å²) in [6, 6.07) is 31.2. The Bertz CT molecular complexity index is 2210. The first-order valence-corrected chi connectivity index (χ1v) is 16.9. The summed E-state index contributed by atoms with van der Waals surface area (Å²) in [6.45, 7) is 0. The summed E-state index contributed by atoms with van der Waals surface area (Å²) in [7, 11) is 0. The van der Waals surface area contributed by atoms with E-state index in [2.05, 4.69) is 0 Å². The summed E-state index contributed by atoms with van der Waals surface area (Å²) >= 11 is 0. The smallest absolute Gasteiger partial charge is 0.0738 e. The SMILES string of the molecule is Nc1ccc(C2=C3C=CC(=N3)C(c3ccc(N)cc3)=C3C=CC(=N3)C(c3ccc(N)cc3)=C3C=CC(=N3)C(c3ccc(N)cc3)=C3C=CC2=N3)cc1.